The highest BCUT2D eigenvalue weighted by Gasteiger charge is 2.15. The number of hydrogen-bond donors (Lipinski definition) is 1. The van der Waals surface area contributed by atoms with Gasteiger partial charge in [-0.2, -0.15) is 0 Å². The van der Waals surface area contributed by atoms with Gasteiger partial charge in [0.2, 0.25) is 0 Å². The maximum Gasteiger partial charge on any atom is 0.352 e. The molecule has 2 heterocycles. The number of fused-ring (bicyclic) bond motifs is 1. The molecule has 0 aliphatic heterocycles. The van der Waals surface area contributed by atoms with Crippen LogP contribution in [0.3, 0.4) is 0 Å². The summed E-state index contributed by atoms with van der Waals surface area (Å²) in [7, 11) is 1.57. The molecule has 3 aromatic rings. The van der Waals surface area contributed by atoms with Gasteiger partial charge in [0.05, 0.1) is 7.11 Å². The van der Waals surface area contributed by atoms with Crippen LogP contribution < -0.4 is 4.74 Å². The summed E-state index contributed by atoms with van der Waals surface area (Å²) >= 11 is 0. The number of carbonyl (C=O) groups is 1. The van der Waals surface area contributed by atoms with Crippen molar-refractivity contribution in [2.75, 3.05) is 7.11 Å². The Morgan fingerprint density at radius 3 is 2.75 bits per heavy atom. The molecule has 0 spiro atoms. The molecule has 0 saturated heterocycles. The van der Waals surface area contributed by atoms with Crippen LogP contribution in [-0.4, -0.2) is 32.8 Å². The molecule has 3 rings (SSSR count). The predicted octanol–water partition coefficient (Wildman–Crippen LogP) is 2.10. The van der Waals surface area contributed by atoms with Crippen LogP contribution in [0.25, 0.3) is 17.0 Å². The molecule has 6 heteroatoms. The number of carboxylic acids is 1. The average molecular weight is 269 g/mol. The van der Waals surface area contributed by atoms with Crippen molar-refractivity contribution in [1.82, 2.24) is 14.6 Å². The highest BCUT2D eigenvalue weighted by atomic mass is 16.5. The molecule has 0 saturated carbocycles. The van der Waals surface area contributed by atoms with Crippen molar-refractivity contribution in [3.63, 3.8) is 0 Å². The maximum atomic E-state index is 11.3. The summed E-state index contributed by atoms with van der Waals surface area (Å²) in [6.45, 7) is 0. The number of nitrogens with zero attached hydrogens (tertiary/aromatic N) is 3. The Balaban J connectivity index is 2.28. The maximum absolute atomic E-state index is 11.3. The smallest absolute Gasteiger partial charge is 0.352 e. The van der Waals surface area contributed by atoms with Gasteiger partial charge >= 0.3 is 5.97 Å². The topological polar surface area (TPSA) is 76.7 Å². The number of ether oxygens (including phenoxy) is 1. The summed E-state index contributed by atoms with van der Waals surface area (Å²) in [5.41, 5.74) is 1.35. The van der Waals surface area contributed by atoms with E-state index in [-0.39, 0.29) is 5.69 Å². The molecular weight excluding hydrogens is 258 g/mol. The molecule has 0 atom stereocenters. The van der Waals surface area contributed by atoms with Gasteiger partial charge in [-0.3, -0.25) is 4.40 Å². The second-order valence-electron chi connectivity index (χ2n) is 4.17. The number of benzene rings is 1. The zero-order valence-electron chi connectivity index (χ0n) is 10.6. The molecule has 0 aliphatic carbocycles. The van der Waals surface area contributed by atoms with Crippen molar-refractivity contribution in [3.8, 4) is 17.1 Å². The molecule has 0 fully saturated rings. The van der Waals surface area contributed by atoms with Crippen LogP contribution in [0.1, 0.15) is 10.5 Å². The zero-order chi connectivity index (χ0) is 14.1. The van der Waals surface area contributed by atoms with Crippen molar-refractivity contribution < 1.29 is 14.6 Å². The fraction of sp³-hybridized carbons (Fsp3) is 0.0714. The standard InChI is InChI=1S/C14H11N3O3/c1-20-10-5-2-4-9(8-10)13-16-15-12-7-3-6-11(14(18)19)17(12)13/h2-8H,1H3,(H,18,19). The summed E-state index contributed by atoms with van der Waals surface area (Å²) in [5, 5.41) is 17.4. The molecule has 1 N–H and O–H groups in total. The first-order valence-electron chi connectivity index (χ1n) is 5.92. The van der Waals surface area contributed by atoms with Crippen LogP contribution in [0.5, 0.6) is 5.75 Å². The third-order valence-electron chi connectivity index (χ3n) is 2.98. The largest absolute Gasteiger partial charge is 0.497 e. The lowest BCUT2D eigenvalue weighted by Gasteiger charge is -2.05. The van der Waals surface area contributed by atoms with Crippen molar-refractivity contribution in [2.24, 2.45) is 0 Å². The minimum atomic E-state index is -1.03. The van der Waals surface area contributed by atoms with Crippen molar-refractivity contribution in [2.45, 2.75) is 0 Å². The summed E-state index contributed by atoms with van der Waals surface area (Å²) in [6.07, 6.45) is 0. The van der Waals surface area contributed by atoms with Crippen LogP contribution >= 0.6 is 0 Å². The Kier molecular flexibility index (Phi) is 2.83. The second kappa shape index (κ2) is 4.65. The highest BCUT2D eigenvalue weighted by Crippen LogP contribution is 2.23. The first-order chi connectivity index (χ1) is 9.70. The van der Waals surface area contributed by atoms with Gasteiger partial charge < -0.3 is 9.84 Å². The van der Waals surface area contributed by atoms with E-state index >= 15 is 0 Å². The van der Waals surface area contributed by atoms with Crippen LogP contribution in [0.4, 0.5) is 0 Å². The third-order valence-corrected chi connectivity index (χ3v) is 2.98. The fourth-order valence-corrected chi connectivity index (χ4v) is 2.06. The Bertz CT molecular complexity index is 795. The third kappa shape index (κ3) is 1.87. The molecule has 0 bridgehead atoms. The van der Waals surface area contributed by atoms with E-state index in [2.05, 4.69) is 10.2 Å². The molecule has 1 aromatic carbocycles. The van der Waals surface area contributed by atoms with E-state index < -0.39 is 5.97 Å². The van der Waals surface area contributed by atoms with Crippen molar-refractivity contribution in [1.29, 1.82) is 0 Å². The lowest BCUT2D eigenvalue weighted by atomic mass is 10.2. The van der Waals surface area contributed by atoms with Crippen molar-refractivity contribution >= 4 is 11.6 Å². The average Bonchev–Trinajstić information content (AvgIpc) is 2.91. The summed E-state index contributed by atoms with van der Waals surface area (Å²) in [4.78, 5) is 11.3. The SMILES string of the molecule is COc1cccc(-c2nnc3cccc(C(=O)O)n23)c1. The number of carboxylic acid groups (broad SMARTS) is 1. The van der Waals surface area contributed by atoms with Gasteiger partial charge in [-0.05, 0) is 24.3 Å². The van der Waals surface area contributed by atoms with E-state index in [1.54, 1.807) is 25.3 Å². The number of hydrogen-bond acceptors (Lipinski definition) is 4. The predicted molar refractivity (Wildman–Crippen MR) is 71.9 cm³/mol. The van der Waals surface area contributed by atoms with Gasteiger partial charge in [-0.15, -0.1) is 10.2 Å². The summed E-state index contributed by atoms with van der Waals surface area (Å²) in [6, 6.07) is 12.1. The monoisotopic (exact) mass is 269 g/mol. The quantitative estimate of drug-likeness (QED) is 0.788. The first-order valence-corrected chi connectivity index (χ1v) is 5.92. The zero-order valence-corrected chi connectivity index (χ0v) is 10.6. The van der Waals surface area contributed by atoms with Gasteiger partial charge in [-0.1, -0.05) is 18.2 Å². The summed E-state index contributed by atoms with van der Waals surface area (Å²) in [5.74, 6) is 0.114. The van der Waals surface area contributed by atoms with Gasteiger partial charge in [0.1, 0.15) is 11.4 Å². The lowest BCUT2D eigenvalue weighted by Crippen LogP contribution is -2.05. The van der Waals surface area contributed by atoms with Crippen molar-refractivity contribution in [3.05, 3.63) is 48.2 Å². The molecule has 20 heavy (non-hydrogen) atoms. The van der Waals surface area contributed by atoms with Crippen LogP contribution in [0.2, 0.25) is 0 Å². The number of aromatic nitrogens is 3. The summed E-state index contributed by atoms with van der Waals surface area (Å²) < 4.78 is 6.68. The van der Waals surface area contributed by atoms with Gasteiger partial charge in [0, 0.05) is 5.56 Å². The number of aromatic carboxylic acids is 1. The van der Waals surface area contributed by atoms with Gasteiger partial charge in [0.15, 0.2) is 11.5 Å². The van der Waals surface area contributed by atoms with E-state index in [0.717, 1.165) is 5.56 Å². The Labute approximate surface area is 114 Å². The van der Waals surface area contributed by atoms with E-state index in [0.29, 0.717) is 17.2 Å². The Morgan fingerprint density at radius 1 is 1.20 bits per heavy atom. The normalized spacial score (nSPS) is 10.7. The molecule has 0 radical (unpaired) electrons. The Hall–Kier alpha value is -2.89. The molecule has 0 aliphatic rings. The molecule has 2 aromatic heterocycles. The molecule has 6 nitrogen and oxygen atoms in total. The van der Waals surface area contributed by atoms with Gasteiger partial charge in [0.25, 0.3) is 0 Å². The molecule has 0 amide bonds. The van der Waals surface area contributed by atoms with E-state index in [1.165, 1.54) is 10.5 Å². The van der Waals surface area contributed by atoms with E-state index in [1.807, 2.05) is 18.2 Å². The lowest BCUT2D eigenvalue weighted by molar-refractivity contribution is 0.0689. The number of pyridine rings is 1. The molecular formula is C14H11N3O3. The highest BCUT2D eigenvalue weighted by molar-refractivity contribution is 5.87. The molecule has 0 unspecified atom stereocenters. The van der Waals surface area contributed by atoms with Crippen LogP contribution in [-0.2, 0) is 0 Å². The second-order valence-corrected chi connectivity index (χ2v) is 4.17. The van der Waals surface area contributed by atoms with E-state index in [9.17, 15) is 9.90 Å². The number of rotatable bonds is 3. The first kappa shape index (κ1) is 12.2. The van der Waals surface area contributed by atoms with Gasteiger partial charge in [-0.25, -0.2) is 4.79 Å². The minimum absolute atomic E-state index is 0.116. The van der Waals surface area contributed by atoms with E-state index in [4.69, 9.17) is 4.74 Å². The Morgan fingerprint density at radius 2 is 2.00 bits per heavy atom. The number of methoxy groups -OCH3 is 1. The molecule has 100 valence electrons. The van der Waals surface area contributed by atoms with Crippen LogP contribution in [0, 0.1) is 0 Å². The van der Waals surface area contributed by atoms with Crippen LogP contribution in [0.15, 0.2) is 42.5 Å². The minimum Gasteiger partial charge on any atom is -0.497 e. The fourth-order valence-electron chi connectivity index (χ4n) is 2.06.